The summed E-state index contributed by atoms with van der Waals surface area (Å²) in [6.07, 6.45) is 7.01. The van der Waals surface area contributed by atoms with Crippen LogP contribution in [0.15, 0.2) is 0 Å². The first kappa shape index (κ1) is 15.2. The normalized spacial score (nSPS) is 16.4. The molecule has 0 atom stereocenters. The smallest absolute Gasteiger partial charge is 0.322 e. The monoisotopic (exact) mass is 297 g/mol. The zero-order valence-corrected chi connectivity index (χ0v) is 13.2. The van der Waals surface area contributed by atoms with E-state index in [0.717, 1.165) is 19.5 Å². The van der Waals surface area contributed by atoms with Crippen molar-refractivity contribution in [2.24, 2.45) is 0 Å². The largest absolute Gasteiger partial charge is 0.467 e. The van der Waals surface area contributed by atoms with Crippen LogP contribution in [-0.2, 0) is 0 Å². The second-order valence-electron chi connectivity index (χ2n) is 4.99. The van der Waals surface area contributed by atoms with Crippen LogP contribution in [0.1, 0.15) is 32.6 Å². The highest BCUT2D eigenvalue weighted by Crippen LogP contribution is 2.42. The fraction of sp³-hybridized carbons (Fsp3) is 0.769. The third-order valence-electron chi connectivity index (χ3n) is 3.60. The average molecular weight is 297 g/mol. The van der Waals surface area contributed by atoms with Gasteiger partial charge in [-0.3, -0.25) is 0 Å². The summed E-state index contributed by atoms with van der Waals surface area (Å²) >= 11 is 1.93. The van der Waals surface area contributed by atoms with Crippen molar-refractivity contribution in [2.75, 3.05) is 37.1 Å². The molecule has 1 heterocycles. The Labute approximate surface area is 124 Å². The molecule has 0 saturated heterocycles. The average Bonchev–Trinajstić information content (AvgIpc) is 2.44. The van der Waals surface area contributed by atoms with E-state index in [-0.39, 0.29) is 0 Å². The summed E-state index contributed by atoms with van der Waals surface area (Å²) in [4.78, 5) is 12.8. The van der Waals surface area contributed by atoms with Crippen LogP contribution < -0.4 is 15.4 Å². The fourth-order valence-corrected chi connectivity index (χ4v) is 3.02. The number of hydrogen-bond donors (Lipinski definition) is 2. The topological polar surface area (TPSA) is 72.0 Å². The van der Waals surface area contributed by atoms with Gasteiger partial charge in [0.25, 0.3) is 0 Å². The van der Waals surface area contributed by atoms with Crippen molar-refractivity contribution < 1.29 is 4.74 Å². The van der Waals surface area contributed by atoms with Gasteiger partial charge in [-0.25, -0.2) is 0 Å². The summed E-state index contributed by atoms with van der Waals surface area (Å²) < 4.78 is 5.47. The molecule has 0 radical (unpaired) electrons. The maximum atomic E-state index is 5.13. The van der Waals surface area contributed by atoms with Gasteiger partial charge in [0.05, 0.1) is 7.11 Å². The number of rotatable bonds is 8. The molecule has 0 spiro atoms. The lowest BCUT2D eigenvalue weighted by Gasteiger charge is -2.40. The van der Waals surface area contributed by atoms with Crippen molar-refractivity contribution in [3.05, 3.63) is 0 Å². The second kappa shape index (κ2) is 6.97. The van der Waals surface area contributed by atoms with Gasteiger partial charge in [0.1, 0.15) is 0 Å². The molecule has 20 heavy (non-hydrogen) atoms. The minimum atomic E-state index is 0.341. The molecule has 1 aromatic heterocycles. The van der Waals surface area contributed by atoms with Crippen LogP contribution in [0.2, 0.25) is 0 Å². The lowest BCUT2D eigenvalue weighted by atomic mass is 9.84. The Balaban J connectivity index is 2.02. The summed E-state index contributed by atoms with van der Waals surface area (Å²) in [5.41, 5.74) is 0. The molecular formula is C13H23N5OS. The van der Waals surface area contributed by atoms with Crippen LogP contribution in [0.5, 0.6) is 6.01 Å². The van der Waals surface area contributed by atoms with Crippen LogP contribution in [0.25, 0.3) is 0 Å². The molecule has 6 nitrogen and oxygen atoms in total. The first-order valence-electron chi connectivity index (χ1n) is 7.04. The Morgan fingerprint density at radius 2 is 1.90 bits per heavy atom. The molecule has 1 fully saturated rings. The van der Waals surface area contributed by atoms with E-state index in [1.54, 1.807) is 7.11 Å². The van der Waals surface area contributed by atoms with Crippen LogP contribution in [-0.4, -0.2) is 46.2 Å². The molecule has 0 aromatic carbocycles. The molecule has 2 rings (SSSR count). The van der Waals surface area contributed by atoms with Crippen molar-refractivity contribution in [2.45, 2.75) is 37.4 Å². The fourth-order valence-electron chi connectivity index (χ4n) is 2.11. The maximum Gasteiger partial charge on any atom is 0.322 e. The first-order valence-corrected chi connectivity index (χ1v) is 8.27. The van der Waals surface area contributed by atoms with Crippen LogP contribution in [0.3, 0.4) is 0 Å². The number of nitrogens with one attached hydrogen (secondary N) is 2. The lowest BCUT2D eigenvalue weighted by Crippen LogP contribution is -2.40. The Morgan fingerprint density at radius 1 is 1.20 bits per heavy atom. The number of methoxy groups -OCH3 is 1. The van der Waals surface area contributed by atoms with Gasteiger partial charge >= 0.3 is 6.01 Å². The van der Waals surface area contributed by atoms with E-state index in [4.69, 9.17) is 4.74 Å². The quantitative estimate of drug-likeness (QED) is 0.763. The molecule has 1 aromatic rings. The molecule has 7 heteroatoms. The van der Waals surface area contributed by atoms with Crippen LogP contribution >= 0.6 is 11.8 Å². The first-order chi connectivity index (χ1) is 9.71. The van der Waals surface area contributed by atoms with Gasteiger partial charge in [0.15, 0.2) is 0 Å². The zero-order chi connectivity index (χ0) is 14.4. The number of anilines is 2. The standard InChI is InChI=1S/C13H23N5OS/c1-4-8-14-10-16-11(18-12(17-10)19-2)15-9-13(20-3)6-5-7-13/h4-9H2,1-3H3,(H2,14,15,16,17,18). The molecule has 0 bridgehead atoms. The van der Waals surface area contributed by atoms with E-state index >= 15 is 0 Å². The summed E-state index contributed by atoms with van der Waals surface area (Å²) in [6.45, 7) is 3.82. The van der Waals surface area contributed by atoms with Gasteiger partial charge in [0.2, 0.25) is 11.9 Å². The SMILES string of the molecule is CCCNc1nc(NCC2(SC)CCC2)nc(OC)n1. The number of hydrogen-bond acceptors (Lipinski definition) is 7. The molecule has 1 aliphatic carbocycles. The van der Waals surface area contributed by atoms with E-state index in [0.29, 0.717) is 22.7 Å². The highest BCUT2D eigenvalue weighted by molar-refractivity contribution is 8.00. The third-order valence-corrected chi connectivity index (χ3v) is 5.02. The molecule has 112 valence electrons. The highest BCUT2D eigenvalue weighted by Gasteiger charge is 2.36. The van der Waals surface area contributed by atoms with Crippen molar-refractivity contribution in [3.63, 3.8) is 0 Å². The molecule has 0 amide bonds. The van der Waals surface area contributed by atoms with Gasteiger partial charge in [-0.1, -0.05) is 13.3 Å². The van der Waals surface area contributed by atoms with Gasteiger partial charge in [-0.05, 0) is 25.5 Å². The van der Waals surface area contributed by atoms with Crippen molar-refractivity contribution >= 4 is 23.7 Å². The van der Waals surface area contributed by atoms with Gasteiger partial charge in [-0.15, -0.1) is 0 Å². The van der Waals surface area contributed by atoms with Crippen LogP contribution in [0, 0.1) is 0 Å². The van der Waals surface area contributed by atoms with Crippen molar-refractivity contribution in [1.82, 2.24) is 15.0 Å². The van der Waals surface area contributed by atoms with E-state index in [1.165, 1.54) is 19.3 Å². The Kier molecular flexibility index (Phi) is 5.28. The molecule has 0 aliphatic heterocycles. The Morgan fingerprint density at radius 3 is 2.40 bits per heavy atom. The van der Waals surface area contributed by atoms with Crippen molar-refractivity contribution in [3.8, 4) is 6.01 Å². The van der Waals surface area contributed by atoms with E-state index in [9.17, 15) is 0 Å². The number of thioether (sulfide) groups is 1. The minimum Gasteiger partial charge on any atom is -0.467 e. The maximum absolute atomic E-state index is 5.13. The Bertz CT molecular complexity index is 433. The lowest BCUT2D eigenvalue weighted by molar-refractivity contribution is 0.374. The summed E-state index contributed by atoms with van der Waals surface area (Å²) in [7, 11) is 1.57. The summed E-state index contributed by atoms with van der Waals surface area (Å²) in [6, 6.07) is 0.341. The zero-order valence-electron chi connectivity index (χ0n) is 12.4. The summed E-state index contributed by atoms with van der Waals surface area (Å²) in [5, 5.41) is 6.49. The number of nitrogens with zero attached hydrogens (tertiary/aromatic N) is 3. The molecule has 2 N–H and O–H groups in total. The minimum absolute atomic E-state index is 0.341. The van der Waals surface area contributed by atoms with Crippen molar-refractivity contribution in [1.29, 1.82) is 0 Å². The molecule has 1 saturated carbocycles. The van der Waals surface area contributed by atoms with Gasteiger partial charge in [0, 0.05) is 17.8 Å². The highest BCUT2D eigenvalue weighted by atomic mass is 32.2. The van der Waals surface area contributed by atoms with E-state index < -0.39 is 0 Å². The van der Waals surface area contributed by atoms with E-state index in [1.807, 2.05) is 11.8 Å². The molecule has 0 unspecified atom stereocenters. The van der Waals surface area contributed by atoms with E-state index in [2.05, 4.69) is 38.8 Å². The third kappa shape index (κ3) is 3.65. The van der Waals surface area contributed by atoms with Crippen LogP contribution in [0.4, 0.5) is 11.9 Å². The number of ether oxygens (including phenoxy) is 1. The molecule has 1 aliphatic rings. The molecular weight excluding hydrogens is 274 g/mol. The van der Waals surface area contributed by atoms with Gasteiger partial charge in [-0.2, -0.15) is 26.7 Å². The number of aromatic nitrogens is 3. The Hall–Kier alpha value is -1.24. The predicted octanol–water partition coefficient (Wildman–Crippen LogP) is 2.40. The summed E-state index contributed by atoms with van der Waals surface area (Å²) in [5.74, 6) is 1.14. The van der Waals surface area contributed by atoms with Gasteiger partial charge < -0.3 is 15.4 Å². The predicted molar refractivity (Wildman–Crippen MR) is 83.7 cm³/mol. The second-order valence-corrected chi connectivity index (χ2v) is 6.26.